The number of nitrogens with one attached hydrogen (secondary N) is 2. The molecule has 86 valence electrons. The number of hydrogen-bond acceptors (Lipinski definition) is 2. The molecule has 2 atom stereocenters. The van der Waals surface area contributed by atoms with E-state index < -0.39 is 0 Å². The molecule has 2 heteroatoms. The summed E-state index contributed by atoms with van der Waals surface area (Å²) in [7, 11) is 0. The van der Waals surface area contributed by atoms with Gasteiger partial charge in [0.15, 0.2) is 0 Å². The Hall–Kier alpha value is -0.860. The van der Waals surface area contributed by atoms with Gasteiger partial charge in [0.25, 0.3) is 0 Å². The van der Waals surface area contributed by atoms with E-state index in [0.717, 1.165) is 6.54 Å². The summed E-state index contributed by atoms with van der Waals surface area (Å²) in [5.74, 6) is 0. The van der Waals surface area contributed by atoms with Gasteiger partial charge in [-0.1, -0.05) is 30.3 Å². The van der Waals surface area contributed by atoms with Gasteiger partial charge in [0, 0.05) is 25.2 Å². The van der Waals surface area contributed by atoms with Crippen molar-refractivity contribution in [1.82, 2.24) is 10.6 Å². The number of benzene rings is 1. The van der Waals surface area contributed by atoms with Gasteiger partial charge in [0.1, 0.15) is 0 Å². The lowest BCUT2D eigenvalue weighted by Gasteiger charge is -2.24. The van der Waals surface area contributed by atoms with Crippen molar-refractivity contribution < 1.29 is 0 Å². The van der Waals surface area contributed by atoms with Crippen LogP contribution in [0.15, 0.2) is 30.3 Å². The minimum Gasteiger partial charge on any atom is -0.315 e. The lowest BCUT2D eigenvalue weighted by Crippen LogP contribution is -2.38. The fraction of sp³-hybridized carbons (Fsp3) is 0.571. The molecule has 1 aliphatic carbocycles. The minimum atomic E-state index is 0.462. The highest BCUT2D eigenvalue weighted by Crippen LogP contribution is 2.50. The molecule has 1 aromatic carbocycles. The fourth-order valence-corrected chi connectivity index (χ4v) is 2.87. The smallest absolute Gasteiger partial charge is 0.0295 e. The van der Waals surface area contributed by atoms with Gasteiger partial charge in [0.2, 0.25) is 0 Å². The molecule has 1 heterocycles. The van der Waals surface area contributed by atoms with Gasteiger partial charge >= 0.3 is 0 Å². The summed E-state index contributed by atoms with van der Waals surface area (Å²) < 4.78 is 0. The van der Waals surface area contributed by atoms with Crippen LogP contribution in [0.1, 0.15) is 31.4 Å². The molecular formula is C14H20N2. The average Bonchev–Trinajstić information content (AvgIpc) is 2.99. The summed E-state index contributed by atoms with van der Waals surface area (Å²) in [5.41, 5.74) is 1.99. The largest absolute Gasteiger partial charge is 0.315 e. The van der Waals surface area contributed by atoms with Gasteiger partial charge in [-0.3, -0.25) is 0 Å². The van der Waals surface area contributed by atoms with Crippen molar-refractivity contribution in [3.63, 3.8) is 0 Å². The molecule has 0 amide bonds. The van der Waals surface area contributed by atoms with E-state index in [4.69, 9.17) is 0 Å². The Morgan fingerprint density at radius 1 is 1.31 bits per heavy atom. The highest BCUT2D eigenvalue weighted by atomic mass is 15.1. The van der Waals surface area contributed by atoms with Gasteiger partial charge < -0.3 is 10.6 Å². The van der Waals surface area contributed by atoms with Crippen molar-refractivity contribution in [2.75, 3.05) is 13.1 Å². The van der Waals surface area contributed by atoms with Crippen LogP contribution in [0, 0.1) is 5.41 Å². The molecule has 2 unspecified atom stereocenters. The first-order valence-electron chi connectivity index (χ1n) is 6.32. The second-order valence-corrected chi connectivity index (χ2v) is 5.34. The Morgan fingerprint density at radius 2 is 2.06 bits per heavy atom. The van der Waals surface area contributed by atoms with Crippen LogP contribution in [-0.2, 0) is 0 Å². The highest BCUT2D eigenvalue weighted by Gasteiger charge is 2.52. The Kier molecular flexibility index (Phi) is 2.49. The van der Waals surface area contributed by atoms with Gasteiger partial charge in [0.05, 0.1) is 0 Å². The summed E-state index contributed by atoms with van der Waals surface area (Å²) in [6.45, 7) is 4.62. The van der Waals surface area contributed by atoms with Crippen LogP contribution in [-0.4, -0.2) is 19.1 Å². The third kappa shape index (κ3) is 1.76. The molecule has 1 aromatic rings. The van der Waals surface area contributed by atoms with E-state index in [2.05, 4.69) is 47.9 Å². The quantitative estimate of drug-likeness (QED) is 0.808. The standard InChI is InChI=1S/C14H20N2/c1-11(12-5-3-2-4-6-12)16-13-9-15-10-14(13)7-8-14/h2-6,11,13,15-16H,7-10H2,1H3. The zero-order chi connectivity index (χ0) is 11.0. The van der Waals surface area contributed by atoms with E-state index in [1.54, 1.807) is 0 Å². The molecule has 3 rings (SSSR count). The summed E-state index contributed by atoms with van der Waals surface area (Å²) in [5, 5.41) is 7.30. The average molecular weight is 216 g/mol. The van der Waals surface area contributed by atoms with E-state index >= 15 is 0 Å². The first kappa shape index (κ1) is 10.3. The molecule has 2 aliphatic rings. The third-order valence-electron chi connectivity index (χ3n) is 4.21. The Morgan fingerprint density at radius 3 is 2.75 bits per heavy atom. The van der Waals surface area contributed by atoms with Crippen LogP contribution in [0.3, 0.4) is 0 Å². The second kappa shape index (κ2) is 3.86. The molecule has 0 bridgehead atoms. The van der Waals surface area contributed by atoms with Crippen LogP contribution in [0.2, 0.25) is 0 Å². The first-order chi connectivity index (χ1) is 7.80. The normalized spacial score (nSPS) is 28.2. The molecule has 1 spiro atoms. The van der Waals surface area contributed by atoms with E-state index in [0.29, 0.717) is 17.5 Å². The SMILES string of the molecule is CC(NC1CNCC12CC2)c1ccccc1. The summed E-state index contributed by atoms with van der Waals surface area (Å²) in [6, 6.07) is 11.9. The van der Waals surface area contributed by atoms with Crippen molar-refractivity contribution in [3.05, 3.63) is 35.9 Å². The molecule has 0 aromatic heterocycles. The molecule has 2 N–H and O–H groups in total. The van der Waals surface area contributed by atoms with Crippen molar-refractivity contribution in [3.8, 4) is 0 Å². The van der Waals surface area contributed by atoms with Gasteiger partial charge in [-0.25, -0.2) is 0 Å². The van der Waals surface area contributed by atoms with Crippen molar-refractivity contribution >= 4 is 0 Å². The lowest BCUT2D eigenvalue weighted by atomic mass is 9.98. The molecule has 2 nitrogen and oxygen atoms in total. The molecule has 2 fully saturated rings. The molecular weight excluding hydrogens is 196 g/mol. The van der Waals surface area contributed by atoms with Crippen LogP contribution in [0.5, 0.6) is 0 Å². The number of rotatable bonds is 3. The minimum absolute atomic E-state index is 0.462. The third-order valence-corrected chi connectivity index (χ3v) is 4.21. The molecule has 1 aliphatic heterocycles. The van der Waals surface area contributed by atoms with E-state index in [9.17, 15) is 0 Å². The molecule has 1 saturated heterocycles. The Balaban J connectivity index is 1.67. The van der Waals surface area contributed by atoms with E-state index in [1.807, 2.05) is 0 Å². The summed E-state index contributed by atoms with van der Waals surface area (Å²) in [4.78, 5) is 0. The van der Waals surface area contributed by atoms with Crippen molar-refractivity contribution in [2.45, 2.75) is 31.8 Å². The molecule has 16 heavy (non-hydrogen) atoms. The zero-order valence-corrected chi connectivity index (χ0v) is 9.87. The first-order valence-corrected chi connectivity index (χ1v) is 6.32. The van der Waals surface area contributed by atoms with E-state index in [1.165, 1.54) is 24.9 Å². The molecule has 1 saturated carbocycles. The summed E-state index contributed by atoms with van der Waals surface area (Å²) >= 11 is 0. The predicted octanol–water partition coefficient (Wildman–Crippen LogP) is 2.09. The Bertz CT molecular complexity index is 356. The maximum Gasteiger partial charge on any atom is 0.0295 e. The maximum absolute atomic E-state index is 3.79. The number of hydrogen-bond donors (Lipinski definition) is 2. The van der Waals surface area contributed by atoms with Gasteiger partial charge in [-0.2, -0.15) is 0 Å². The highest BCUT2D eigenvalue weighted by molar-refractivity contribution is 5.19. The zero-order valence-electron chi connectivity index (χ0n) is 9.87. The van der Waals surface area contributed by atoms with Crippen LogP contribution in [0.4, 0.5) is 0 Å². The van der Waals surface area contributed by atoms with E-state index in [-0.39, 0.29) is 0 Å². The monoisotopic (exact) mass is 216 g/mol. The van der Waals surface area contributed by atoms with Crippen molar-refractivity contribution in [1.29, 1.82) is 0 Å². The van der Waals surface area contributed by atoms with Crippen LogP contribution >= 0.6 is 0 Å². The van der Waals surface area contributed by atoms with Gasteiger partial charge in [-0.05, 0) is 30.7 Å². The van der Waals surface area contributed by atoms with Gasteiger partial charge in [-0.15, -0.1) is 0 Å². The fourth-order valence-electron chi connectivity index (χ4n) is 2.87. The maximum atomic E-state index is 3.79. The topological polar surface area (TPSA) is 24.1 Å². The molecule has 0 radical (unpaired) electrons. The lowest BCUT2D eigenvalue weighted by molar-refractivity contribution is 0.374. The predicted molar refractivity (Wildman–Crippen MR) is 66.3 cm³/mol. The Labute approximate surface area is 97.4 Å². The summed E-state index contributed by atoms with van der Waals surface area (Å²) in [6.07, 6.45) is 2.80. The van der Waals surface area contributed by atoms with Crippen LogP contribution in [0.25, 0.3) is 0 Å². The second-order valence-electron chi connectivity index (χ2n) is 5.34. The van der Waals surface area contributed by atoms with Crippen molar-refractivity contribution in [2.24, 2.45) is 5.41 Å². The van der Waals surface area contributed by atoms with Crippen LogP contribution < -0.4 is 10.6 Å².